The fraction of sp³-hybridized carbons (Fsp3) is 0.474. The van der Waals surface area contributed by atoms with Gasteiger partial charge in [-0.05, 0) is 25.1 Å². The van der Waals surface area contributed by atoms with Crippen molar-refractivity contribution in [1.29, 1.82) is 0 Å². The lowest BCUT2D eigenvalue weighted by atomic mass is 10.0. The van der Waals surface area contributed by atoms with Crippen LogP contribution in [0, 0.1) is 0 Å². The zero-order valence-electron chi connectivity index (χ0n) is 15.6. The van der Waals surface area contributed by atoms with Crippen LogP contribution < -0.4 is 4.90 Å². The summed E-state index contributed by atoms with van der Waals surface area (Å²) in [5.74, 6) is 0.659. The highest BCUT2D eigenvalue weighted by Gasteiger charge is 2.31. The third kappa shape index (κ3) is 2.98. The van der Waals surface area contributed by atoms with Crippen LogP contribution in [0.4, 0.5) is 10.2 Å². The van der Waals surface area contributed by atoms with Crippen LogP contribution in [0.2, 0.25) is 0 Å². The lowest BCUT2D eigenvalue weighted by Crippen LogP contribution is -2.47. The molecule has 0 radical (unpaired) electrons. The molecular formula is C19H21FN6OS. The van der Waals surface area contributed by atoms with Gasteiger partial charge in [-0.1, -0.05) is 17.4 Å². The molecule has 2 saturated heterocycles. The molecule has 9 heteroatoms. The van der Waals surface area contributed by atoms with Crippen molar-refractivity contribution in [1.82, 2.24) is 24.8 Å². The largest absolute Gasteiger partial charge is 0.334 e. The summed E-state index contributed by atoms with van der Waals surface area (Å²) in [6.07, 6.45) is 5.42. The molecule has 1 aliphatic carbocycles. The number of hydrogen-bond donors (Lipinski definition) is 0. The second-order valence-electron chi connectivity index (χ2n) is 7.40. The van der Waals surface area contributed by atoms with Gasteiger partial charge >= 0.3 is 0 Å². The third-order valence-electron chi connectivity index (χ3n) is 5.55. The monoisotopic (exact) mass is 400 g/mol. The zero-order chi connectivity index (χ0) is 19.3. The normalized spacial score (nSPS) is 23.0. The van der Waals surface area contributed by atoms with Gasteiger partial charge < -0.3 is 14.7 Å². The molecule has 0 bridgehead atoms. The number of piperazine rings is 1. The molecule has 0 N–H and O–H groups in total. The molecule has 1 amide bonds. The number of likely N-dealkylation sites (N-methyl/N-ethyl adjacent to an activating group) is 1. The van der Waals surface area contributed by atoms with E-state index in [-0.39, 0.29) is 5.91 Å². The molecule has 4 heterocycles. The molecule has 28 heavy (non-hydrogen) atoms. The Labute approximate surface area is 166 Å². The molecule has 0 aromatic carbocycles. The maximum atomic E-state index is 13.7. The van der Waals surface area contributed by atoms with Gasteiger partial charge in [-0.25, -0.2) is 19.3 Å². The third-order valence-corrected chi connectivity index (χ3v) is 6.50. The van der Waals surface area contributed by atoms with Crippen LogP contribution in [-0.2, 0) is 0 Å². The zero-order valence-corrected chi connectivity index (χ0v) is 16.5. The minimum atomic E-state index is -0.906. The van der Waals surface area contributed by atoms with Crippen LogP contribution in [0.15, 0.2) is 29.7 Å². The van der Waals surface area contributed by atoms with Gasteiger partial charge in [-0.2, -0.15) is 0 Å². The first kappa shape index (κ1) is 17.7. The number of amides is 1. The van der Waals surface area contributed by atoms with Crippen LogP contribution in [0.3, 0.4) is 0 Å². The Hall–Kier alpha value is -2.39. The number of hydrogen-bond acceptors (Lipinski definition) is 7. The number of allylic oxidation sites excluding steroid dienone is 3. The van der Waals surface area contributed by atoms with Gasteiger partial charge in [0.1, 0.15) is 22.8 Å². The highest BCUT2D eigenvalue weighted by molar-refractivity contribution is 7.19. The summed E-state index contributed by atoms with van der Waals surface area (Å²) in [5.41, 5.74) is 2.68. The van der Waals surface area contributed by atoms with Gasteiger partial charge in [0.25, 0.3) is 5.91 Å². The van der Waals surface area contributed by atoms with E-state index in [1.54, 1.807) is 6.08 Å². The van der Waals surface area contributed by atoms with E-state index in [1.165, 1.54) is 17.7 Å². The molecule has 0 spiro atoms. The fourth-order valence-electron chi connectivity index (χ4n) is 3.97. The minimum absolute atomic E-state index is 0.0405. The van der Waals surface area contributed by atoms with Gasteiger partial charge in [0, 0.05) is 44.8 Å². The van der Waals surface area contributed by atoms with Crippen molar-refractivity contribution >= 4 is 33.4 Å². The van der Waals surface area contributed by atoms with E-state index in [0.29, 0.717) is 40.7 Å². The van der Waals surface area contributed by atoms with Crippen molar-refractivity contribution < 1.29 is 9.18 Å². The van der Waals surface area contributed by atoms with E-state index in [0.717, 1.165) is 37.3 Å². The van der Waals surface area contributed by atoms with Gasteiger partial charge in [0.05, 0.1) is 0 Å². The number of fused-ring (bicyclic) bond motifs is 2. The fourth-order valence-corrected chi connectivity index (χ4v) is 4.84. The van der Waals surface area contributed by atoms with Crippen LogP contribution in [-0.4, -0.2) is 76.6 Å². The topological polar surface area (TPSA) is 65.5 Å². The number of carbonyl (C=O) groups is 1. The Kier molecular flexibility index (Phi) is 4.36. The van der Waals surface area contributed by atoms with Crippen molar-refractivity contribution in [3.05, 3.63) is 34.8 Å². The van der Waals surface area contributed by atoms with Gasteiger partial charge in [-0.15, -0.1) is 0 Å². The number of rotatable bonds is 2. The molecule has 2 aromatic rings. The Morgan fingerprint density at radius 3 is 2.86 bits per heavy atom. The SMILES string of the molecule is CN1CCN(C(=O)c2nc3c(N4CCC5=CC(F)CC=C54)ncnc3s2)CC1. The second-order valence-corrected chi connectivity index (χ2v) is 8.38. The first-order chi connectivity index (χ1) is 13.6. The summed E-state index contributed by atoms with van der Waals surface area (Å²) >= 11 is 1.31. The van der Waals surface area contributed by atoms with E-state index < -0.39 is 6.17 Å². The molecule has 1 atom stereocenters. The number of halogens is 1. The van der Waals surface area contributed by atoms with Gasteiger partial charge in [0.15, 0.2) is 10.8 Å². The Balaban J connectivity index is 1.47. The maximum absolute atomic E-state index is 13.7. The molecule has 146 valence electrons. The number of thiazole rings is 1. The molecule has 7 nitrogen and oxygen atoms in total. The molecule has 2 aliphatic heterocycles. The number of aromatic nitrogens is 3. The summed E-state index contributed by atoms with van der Waals surface area (Å²) in [5, 5.41) is 0.456. The molecule has 0 saturated carbocycles. The molecule has 5 rings (SSSR count). The average Bonchev–Trinajstić information content (AvgIpc) is 3.31. The lowest BCUT2D eigenvalue weighted by Gasteiger charge is -2.31. The van der Waals surface area contributed by atoms with Crippen molar-refractivity contribution in [2.75, 3.05) is 44.7 Å². The van der Waals surface area contributed by atoms with E-state index in [2.05, 4.69) is 31.8 Å². The van der Waals surface area contributed by atoms with E-state index >= 15 is 0 Å². The van der Waals surface area contributed by atoms with Crippen LogP contribution in [0.25, 0.3) is 10.3 Å². The standard InChI is InChI=1S/C19H21FN6OS/c1-24-6-8-25(9-7-24)19(27)18-23-15-16(21-11-22-17(15)28-18)26-5-4-12-10-13(20)2-3-14(12)26/h3,10-11,13H,2,4-9H2,1H3. The second kappa shape index (κ2) is 6.89. The average molecular weight is 400 g/mol. The lowest BCUT2D eigenvalue weighted by molar-refractivity contribution is 0.0664. The molecule has 3 aliphatic rings. The molecule has 1 unspecified atom stereocenters. The maximum Gasteiger partial charge on any atom is 0.283 e. The minimum Gasteiger partial charge on any atom is -0.334 e. The Bertz CT molecular complexity index is 993. The summed E-state index contributed by atoms with van der Waals surface area (Å²) in [7, 11) is 2.06. The first-order valence-corrected chi connectivity index (χ1v) is 10.3. The summed E-state index contributed by atoms with van der Waals surface area (Å²) in [6.45, 7) is 3.89. The summed E-state index contributed by atoms with van der Waals surface area (Å²) < 4.78 is 13.7. The number of carbonyl (C=O) groups excluding carboxylic acids is 1. The van der Waals surface area contributed by atoms with E-state index in [9.17, 15) is 9.18 Å². The quantitative estimate of drug-likeness (QED) is 0.770. The predicted octanol–water partition coefficient (Wildman–Crippen LogP) is 2.24. The van der Waals surface area contributed by atoms with Crippen molar-refractivity contribution in [2.24, 2.45) is 0 Å². The molecular weight excluding hydrogens is 379 g/mol. The van der Waals surface area contributed by atoms with Crippen molar-refractivity contribution in [2.45, 2.75) is 19.0 Å². The van der Waals surface area contributed by atoms with Crippen LogP contribution in [0.5, 0.6) is 0 Å². The van der Waals surface area contributed by atoms with Crippen molar-refractivity contribution in [3.63, 3.8) is 0 Å². The van der Waals surface area contributed by atoms with Gasteiger partial charge in [0.2, 0.25) is 0 Å². The highest BCUT2D eigenvalue weighted by atomic mass is 32.1. The predicted molar refractivity (Wildman–Crippen MR) is 106 cm³/mol. The highest BCUT2D eigenvalue weighted by Crippen LogP contribution is 2.38. The van der Waals surface area contributed by atoms with E-state index in [1.807, 2.05) is 11.0 Å². The van der Waals surface area contributed by atoms with Gasteiger partial charge in [-0.3, -0.25) is 4.79 Å². The molecule has 2 aromatic heterocycles. The Morgan fingerprint density at radius 2 is 2.04 bits per heavy atom. The van der Waals surface area contributed by atoms with Crippen molar-refractivity contribution in [3.8, 4) is 0 Å². The number of anilines is 1. The van der Waals surface area contributed by atoms with Crippen LogP contribution >= 0.6 is 11.3 Å². The smallest absolute Gasteiger partial charge is 0.283 e. The summed E-state index contributed by atoms with van der Waals surface area (Å²) in [6, 6.07) is 0. The number of nitrogens with zero attached hydrogens (tertiary/aromatic N) is 6. The first-order valence-electron chi connectivity index (χ1n) is 9.52. The number of alkyl halides is 1. The van der Waals surface area contributed by atoms with E-state index in [4.69, 9.17) is 0 Å². The summed E-state index contributed by atoms with van der Waals surface area (Å²) in [4.78, 5) is 33.2. The van der Waals surface area contributed by atoms with Crippen LogP contribution in [0.1, 0.15) is 22.6 Å². The Morgan fingerprint density at radius 1 is 1.21 bits per heavy atom. The molecule has 2 fully saturated rings.